The zero-order valence-electron chi connectivity index (χ0n) is 7.15. The minimum absolute atomic E-state index is 0.808. The van der Waals surface area contributed by atoms with Gasteiger partial charge in [0.25, 0.3) is 0 Å². The molecule has 0 saturated carbocycles. The van der Waals surface area contributed by atoms with Crippen LogP contribution in [0.1, 0.15) is 0 Å². The van der Waals surface area contributed by atoms with E-state index in [0.717, 1.165) is 11.4 Å². The molecule has 0 aliphatic rings. The van der Waals surface area contributed by atoms with Crippen molar-refractivity contribution in [1.29, 1.82) is 0 Å². The summed E-state index contributed by atoms with van der Waals surface area (Å²) in [6.07, 6.45) is 1.97. The maximum atomic E-state index is 5.12. The van der Waals surface area contributed by atoms with E-state index in [4.69, 9.17) is 4.74 Å². The molecule has 0 bridgehead atoms. The predicted octanol–water partition coefficient (Wildman–Crippen LogP) is 2.72. The molecule has 0 aromatic heterocycles. The van der Waals surface area contributed by atoms with E-state index in [1.807, 2.05) is 30.5 Å². The summed E-state index contributed by atoms with van der Waals surface area (Å²) in [5, 5.41) is 0. The standard InChI is InChI=1S/C9H11NOS/c1-11-9-6-4-3-5-8(9)10-7-12-2/h3-7H,1-2H3. The van der Waals surface area contributed by atoms with Crippen LogP contribution in [0.2, 0.25) is 0 Å². The molecule has 3 heteroatoms. The first-order chi connectivity index (χ1) is 5.88. The molecule has 0 amide bonds. The average Bonchev–Trinajstić information content (AvgIpc) is 2.15. The Morgan fingerprint density at radius 1 is 1.42 bits per heavy atom. The second-order valence-corrected chi connectivity index (χ2v) is 2.82. The van der Waals surface area contributed by atoms with Gasteiger partial charge in [0, 0.05) is 0 Å². The van der Waals surface area contributed by atoms with Crippen molar-refractivity contribution in [2.24, 2.45) is 4.99 Å². The lowest BCUT2D eigenvalue weighted by Gasteiger charge is -2.01. The van der Waals surface area contributed by atoms with Gasteiger partial charge in [0.15, 0.2) is 0 Å². The van der Waals surface area contributed by atoms with E-state index in [1.165, 1.54) is 0 Å². The number of hydrogen-bond donors (Lipinski definition) is 0. The van der Waals surface area contributed by atoms with Gasteiger partial charge in [-0.2, -0.15) is 0 Å². The summed E-state index contributed by atoms with van der Waals surface area (Å²) < 4.78 is 5.12. The maximum Gasteiger partial charge on any atom is 0.144 e. The molecule has 0 aliphatic heterocycles. The molecule has 0 aliphatic carbocycles. The van der Waals surface area contributed by atoms with E-state index in [2.05, 4.69) is 4.99 Å². The van der Waals surface area contributed by atoms with Gasteiger partial charge in [-0.3, -0.25) is 0 Å². The van der Waals surface area contributed by atoms with Crippen LogP contribution >= 0.6 is 11.8 Å². The fraction of sp³-hybridized carbons (Fsp3) is 0.222. The lowest BCUT2D eigenvalue weighted by Crippen LogP contribution is -1.81. The number of thioether (sulfide) groups is 1. The molecular weight excluding hydrogens is 170 g/mol. The maximum absolute atomic E-state index is 5.12. The number of benzene rings is 1. The second kappa shape index (κ2) is 4.83. The van der Waals surface area contributed by atoms with Gasteiger partial charge in [-0.05, 0) is 18.4 Å². The van der Waals surface area contributed by atoms with Gasteiger partial charge >= 0.3 is 0 Å². The summed E-state index contributed by atoms with van der Waals surface area (Å²) in [6.45, 7) is 0. The lowest BCUT2D eigenvalue weighted by molar-refractivity contribution is 0.416. The van der Waals surface area contributed by atoms with Crippen LogP contribution < -0.4 is 4.74 Å². The Morgan fingerprint density at radius 3 is 2.83 bits per heavy atom. The molecule has 1 rings (SSSR count). The number of rotatable bonds is 3. The van der Waals surface area contributed by atoms with Crippen molar-refractivity contribution in [3.63, 3.8) is 0 Å². The Labute approximate surface area is 76.7 Å². The van der Waals surface area contributed by atoms with Gasteiger partial charge in [0.2, 0.25) is 0 Å². The van der Waals surface area contributed by atoms with Crippen LogP contribution in [0.3, 0.4) is 0 Å². The smallest absolute Gasteiger partial charge is 0.144 e. The largest absolute Gasteiger partial charge is 0.494 e. The van der Waals surface area contributed by atoms with E-state index >= 15 is 0 Å². The highest BCUT2D eigenvalue weighted by atomic mass is 32.2. The van der Waals surface area contributed by atoms with E-state index in [-0.39, 0.29) is 0 Å². The van der Waals surface area contributed by atoms with Gasteiger partial charge in [-0.25, -0.2) is 4.99 Å². The van der Waals surface area contributed by atoms with Crippen LogP contribution in [0, 0.1) is 0 Å². The van der Waals surface area contributed by atoms with E-state index < -0.39 is 0 Å². The number of methoxy groups -OCH3 is 1. The van der Waals surface area contributed by atoms with Crippen LogP contribution in [-0.4, -0.2) is 18.9 Å². The SMILES string of the molecule is COc1ccccc1N=CSC. The summed E-state index contributed by atoms with van der Waals surface area (Å²) in [4.78, 5) is 4.21. The monoisotopic (exact) mass is 181 g/mol. The molecule has 0 radical (unpaired) electrons. The molecule has 0 saturated heterocycles. The number of nitrogens with zero attached hydrogens (tertiary/aromatic N) is 1. The molecule has 0 unspecified atom stereocenters. The lowest BCUT2D eigenvalue weighted by atomic mass is 10.3. The van der Waals surface area contributed by atoms with Crippen molar-refractivity contribution in [2.75, 3.05) is 13.4 Å². The molecular formula is C9H11NOS. The Kier molecular flexibility index (Phi) is 3.67. The second-order valence-electron chi connectivity index (χ2n) is 2.14. The first-order valence-corrected chi connectivity index (χ1v) is 4.85. The summed E-state index contributed by atoms with van der Waals surface area (Å²) in [5.41, 5.74) is 2.66. The molecule has 0 spiro atoms. The van der Waals surface area contributed by atoms with Crippen molar-refractivity contribution in [1.82, 2.24) is 0 Å². The van der Waals surface area contributed by atoms with Crippen molar-refractivity contribution in [3.05, 3.63) is 24.3 Å². The number of para-hydroxylation sites is 2. The van der Waals surface area contributed by atoms with Gasteiger partial charge in [-0.15, -0.1) is 11.8 Å². The van der Waals surface area contributed by atoms with Crippen molar-refractivity contribution < 1.29 is 4.74 Å². The Balaban J connectivity index is 2.89. The van der Waals surface area contributed by atoms with Crippen LogP contribution in [0.4, 0.5) is 5.69 Å². The Hall–Kier alpha value is -0.960. The highest BCUT2D eigenvalue weighted by Gasteiger charge is 1.96. The third kappa shape index (κ3) is 2.27. The first-order valence-electron chi connectivity index (χ1n) is 3.57. The number of aliphatic imine (C=N–C) groups is 1. The van der Waals surface area contributed by atoms with Crippen molar-refractivity contribution in [3.8, 4) is 5.75 Å². The molecule has 64 valence electrons. The van der Waals surface area contributed by atoms with Crippen LogP contribution in [-0.2, 0) is 0 Å². The minimum Gasteiger partial charge on any atom is -0.494 e. The summed E-state index contributed by atoms with van der Waals surface area (Å²) in [5.74, 6) is 0.808. The molecule has 2 nitrogen and oxygen atoms in total. The predicted molar refractivity (Wildman–Crippen MR) is 54.7 cm³/mol. The highest BCUT2D eigenvalue weighted by Crippen LogP contribution is 2.25. The topological polar surface area (TPSA) is 21.6 Å². The first kappa shape index (κ1) is 9.13. The minimum atomic E-state index is 0.808. The van der Waals surface area contributed by atoms with Gasteiger partial charge < -0.3 is 4.74 Å². The molecule has 0 heterocycles. The molecule has 12 heavy (non-hydrogen) atoms. The molecule has 0 fully saturated rings. The Morgan fingerprint density at radius 2 is 2.17 bits per heavy atom. The van der Waals surface area contributed by atoms with Gasteiger partial charge in [-0.1, -0.05) is 12.1 Å². The zero-order chi connectivity index (χ0) is 8.81. The van der Waals surface area contributed by atoms with Crippen LogP contribution in [0.15, 0.2) is 29.3 Å². The van der Waals surface area contributed by atoms with Crippen LogP contribution in [0.5, 0.6) is 5.75 Å². The van der Waals surface area contributed by atoms with E-state index in [1.54, 1.807) is 24.4 Å². The van der Waals surface area contributed by atoms with Crippen molar-refractivity contribution >= 4 is 23.0 Å². The third-order valence-corrected chi connectivity index (χ3v) is 1.70. The Bertz CT molecular complexity index is 273. The van der Waals surface area contributed by atoms with Gasteiger partial charge in [0.05, 0.1) is 12.7 Å². The summed E-state index contributed by atoms with van der Waals surface area (Å²) >= 11 is 1.57. The quantitative estimate of drug-likeness (QED) is 0.528. The fourth-order valence-corrected chi connectivity index (χ4v) is 1.06. The summed E-state index contributed by atoms with van der Waals surface area (Å²) in [7, 11) is 1.65. The third-order valence-electron chi connectivity index (χ3n) is 1.38. The summed E-state index contributed by atoms with van der Waals surface area (Å²) in [6, 6.07) is 7.69. The average molecular weight is 181 g/mol. The number of ether oxygens (including phenoxy) is 1. The molecule has 1 aromatic carbocycles. The normalized spacial score (nSPS) is 10.5. The van der Waals surface area contributed by atoms with Crippen molar-refractivity contribution in [2.45, 2.75) is 0 Å². The fourth-order valence-electron chi connectivity index (χ4n) is 0.846. The zero-order valence-corrected chi connectivity index (χ0v) is 7.97. The molecule has 1 aromatic rings. The molecule has 0 N–H and O–H groups in total. The highest BCUT2D eigenvalue weighted by molar-refractivity contribution is 8.11. The van der Waals surface area contributed by atoms with E-state index in [0.29, 0.717) is 0 Å². The molecule has 0 atom stereocenters. The van der Waals surface area contributed by atoms with Crippen LogP contribution in [0.25, 0.3) is 0 Å². The van der Waals surface area contributed by atoms with Gasteiger partial charge in [0.1, 0.15) is 11.4 Å². The number of hydrogen-bond acceptors (Lipinski definition) is 3. The van der Waals surface area contributed by atoms with E-state index in [9.17, 15) is 0 Å².